The smallest absolute Gasteiger partial charge is 0.128 e. The maximum absolute atomic E-state index is 8.98. The monoisotopic (exact) mass is 1030 g/mol. The Morgan fingerprint density at radius 1 is 0.631 bits per heavy atom. The molecule has 65 heavy (non-hydrogen) atoms. The van der Waals surface area contributed by atoms with Crippen LogP contribution in [-0.2, 0) is 20.1 Å². The standard InChI is InChI=1S/C32H31N2.C28H18NO.Ir/c1-21(2)26-14-11-15-27(22(3)4)31(26)34-30-17-10-9-16-29(30)33-32(34)25-19-18-23(5)28(20-25)24-12-7-6-8-13-24;1-18-9-11-19(12-10-18)21-15-16-29-26(17-21)25-8-4-7-23-24-14-13-20-5-2-3-6-22(20)27(24)30-28(23)25;/h6-18,20-22H,1-5H3;2-7,9-17H,1H3;/q2*-1;/i5D3,21D,22D;1D3;. The first kappa shape index (κ1) is 34.5. The summed E-state index contributed by atoms with van der Waals surface area (Å²) < 4.78 is 73.6. The molecule has 0 spiro atoms. The van der Waals surface area contributed by atoms with Crippen molar-refractivity contribution in [3.63, 3.8) is 0 Å². The van der Waals surface area contributed by atoms with Gasteiger partial charge >= 0.3 is 0 Å². The van der Waals surface area contributed by atoms with Crippen LogP contribution in [0.25, 0.3) is 94.3 Å². The van der Waals surface area contributed by atoms with Crippen molar-refractivity contribution in [3.05, 3.63) is 210 Å². The van der Waals surface area contributed by atoms with Crippen molar-refractivity contribution in [2.45, 2.75) is 53.2 Å². The van der Waals surface area contributed by atoms with Crippen LogP contribution < -0.4 is 0 Å². The van der Waals surface area contributed by atoms with Gasteiger partial charge in [0.15, 0.2) is 0 Å². The molecule has 11 rings (SSSR count). The number of fused-ring (bicyclic) bond motifs is 6. The summed E-state index contributed by atoms with van der Waals surface area (Å²) in [6.07, 6.45) is 1.76. The van der Waals surface area contributed by atoms with E-state index in [-0.39, 0.29) is 25.7 Å². The molecule has 0 atom stereocenters. The molecule has 11 aromatic rings. The molecule has 0 aliphatic carbocycles. The van der Waals surface area contributed by atoms with E-state index in [0.29, 0.717) is 22.5 Å². The molecule has 4 nitrogen and oxygen atoms in total. The van der Waals surface area contributed by atoms with Gasteiger partial charge in [-0.1, -0.05) is 184 Å². The molecule has 1 radical (unpaired) electrons. The van der Waals surface area contributed by atoms with Gasteiger partial charge < -0.3 is 14.0 Å². The van der Waals surface area contributed by atoms with Crippen LogP contribution in [0.2, 0.25) is 0 Å². The first-order chi connectivity index (χ1) is 34.3. The molecule has 321 valence electrons. The molecule has 0 saturated carbocycles. The van der Waals surface area contributed by atoms with Crippen LogP contribution in [0.4, 0.5) is 0 Å². The van der Waals surface area contributed by atoms with Gasteiger partial charge in [0.2, 0.25) is 0 Å². The van der Waals surface area contributed by atoms with E-state index in [2.05, 4.69) is 41.4 Å². The zero-order valence-corrected chi connectivity index (χ0v) is 38.7. The summed E-state index contributed by atoms with van der Waals surface area (Å²) in [5.41, 5.74) is 11.5. The number of imidazole rings is 1. The second-order valence-corrected chi connectivity index (χ2v) is 16.4. The van der Waals surface area contributed by atoms with E-state index in [1.54, 1.807) is 24.4 Å². The summed E-state index contributed by atoms with van der Waals surface area (Å²) in [7, 11) is 0. The summed E-state index contributed by atoms with van der Waals surface area (Å²) in [6.45, 7) is 2.95. The van der Waals surface area contributed by atoms with Crippen molar-refractivity contribution in [2.24, 2.45) is 0 Å². The molecule has 0 aliphatic heterocycles. The van der Waals surface area contributed by atoms with Gasteiger partial charge in [-0.05, 0) is 75.7 Å². The van der Waals surface area contributed by atoms with Crippen LogP contribution in [0, 0.1) is 25.8 Å². The average molecular weight is 1030 g/mol. The van der Waals surface area contributed by atoms with Gasteiger partial charge in [0.25, 0.3) is 0 Å². The Morgan fingerprint density at radius 3 is 2.14 bits per heavy atom. The van der Waals surface area contributed by atoms with Crippen LogP contribution in [0.5, 0.6) is 0 Å². The molecule has 3 heterocycles. The molecular formula is C60H49IrN3O-2. The zero-order valence-electron chi connectivity index (χ0n) is 44.3. The van der Waals surface area contributed by atoms with Gasteiger partial charge in [-0.15, -0.1) is 47.5 Å². The number of rotatable bonds is 7. The molecule has 3 aromatic heterocycles. The SMILES string of the molecule is [2H]C([2H])([2H])c1c[c-]c(-c2nc3ccccc3n2-c2c(C([2H])(C)C)cccc2C([2H])(C)C)cc1-c1ccccc1.[2H]C([2H])([2H])c1ccc(-c2ccnc(-c3[c-]ccc4c3oc3c5ccccc5ccc43)c2)cc1.[Ir]. The van der Waals surface area contributed by atoms with Crippen LogP contribution in [0.15, 0.2) is 180 Å². The van der Waals surface area contributed by atoms with Gasteiger partial charge in [0.1, 0.15) is 5.58 Å². The van der Waals surface area contributed by atoms with Crippen molar-refractivity contribution in [1.82, 2.24) is 14.5 Å². The molecular weight excluding hydrogens is 971 g/mol. The predicted molar refractivity (Wildman–Crippen MR) is 267 cm³/mol. The number of furan rings is 1. The zero-order chi connectivity index (χ0) is 50.7. The maximum Gasteiger partial charge on any atom is 0.128 e. The van der Waals surface area contributed by atoms with Gasteiger partial charge in [0, 0.05) is 53.7 Å². The normalized spacial score (nSPS) is 13.9. The summed E-state index contributed by atoms with van der Waals surface area (Å²) in [5, 5.41) is 4.30. The Hall–Kier alpha value is -6.91. The van der Waals surface area contributed by atoms with Gasteiger partial charge in [0.05, 0.1) is 22.4 Å². The molecule has 8 aromatic carbocycles. The topological polar surface area (TPSA) is 43.9 Å². The van der Waals surface area contributed by atoms with Crippen LogP contribution >= 0.6 is 0 Å². The minimum atomic E-state index is -2.31. The van der Waals surface area contributed by atoms with E-state index < -0.39 is 25.5 Å². The first-order valence-corrected chi connectivity index (χ1v) is 21.3. The van der Waals surface area contributed by atoms with Crippen LogP contribution in [0.3, 0.4) is 0 Å². The second kappa shape index (κ2) is 18.3. The number of aryl methyl sites for hydroxylation is 2. The van der Waals surface area contributed by atoms with E-state index in [0.717, 1.165) is 88.5 Å². The third-order valence-electron chi connectivity index (χ3n) is 11.7. The molecule has 0 N–H and O–H groups in total. The van der Waals surface area contributed by atoms with Gasteiger partial charge in [-0.2, -0.15) is 0 Å². The third kappa shape index (κ3) is 8.23. The number of pyridine rings is 1. The van der Waals surface area contributed by atoms with E-state index in [1.165, 1.54) is 0 Å². The largest absolute Gasteiger partial charge is 0.500 e. The minimum Gasteiger partial charge on any atom is -0.500 e. The Labute approximate surface area is 406 Å². The average Bonchev–Trinajstić information content (AvgIpc) is 3.95. The summed E-state index contributed by atoms with van der Waals surface area (Å²) in [4.78, 5) is 9.59. The second-order valence-electron chi connectivity index (χ2n) is 16.4. The van der Waals surface area contributed by atoms with Crippen molar-refractivity contribution >= 4 is 43.7 Å². The molecule has 0 saturated heterocycles. The quantitative estimate of drug-likeness (QED) is 0.149. The minimum absolute atomic E-state index is 0. The van der Waals surface area contributed by atoms with E-state index in [1.807, 2.05) is 160 Å². The Balaban J connectivity index is 0.000000179. The molecule has 0 aliphatic rings. The number of hydrogen-bond donors (Lipinski definition) is 0. The number of nitrogens with zero attached hydrogens (tertiary/aromatic N) is 3. The fourth-order valence-corrected chi connectivity index (χ4v) is 8.57. The number of aromatic nitrogens is 3. The first-order valence-electron chi connectivity index (χ1n) is 25.3. The Morgan fingerprint density at radius 2 is 1.37 bits per heavy atom. The summed E-state index contributed by atoms with van der Waals surface area (Å²) in [5.74, 6) is -1.33. The van der Waals surface area contributed by atoms with Crippen molar-refractivity contribution in [1.29, 1.82) is 0 Å². The van der Waals surface area contributed by atoms with Crippen LogP contribution in [-0.4, -0.2) is 14.5 Å². The number of para-hydroxylation sites is 3. The van der Waals surface area contributed by atoms with Crippen LogP contribution in [0.1, 0.15) is 72.7 Å². The fourth-order valence-electron chi connectivity index (χ4n) is 8.57. The molecule has 0 fully saturated rings. The maximum atomic E-state index is 8.98. The van der Waals surface area contributed by atoms with E-state index in [9.17, 15) is 0 Å². The van der Waals surface area contributed by atoms with Crippen molar-refractivity contribution in [2.75, 3.05) is 0 Å². The van der Waals surface area contributed by atoms with E-state index in [4.69, 9.17) is 20.4 Å². The third-order valence-corrected chi connectivity index (χ3v) is 11.7. The number of benzene rings is 8. The van der Waals surface area contributed by atoms with Crippen molar-refractivity contribution < 1.29 is 35.5 Å². The molecule has 0 unspecified atom stereocenters. The van der Waals surface area contributed by atoms with E-state index >= 15 is 0 Å². The fraction of sp³-hybridized carbons (Fsp3) is 0.133. The van der Waals surface area contributed by atoms with Crippen molar-refractivity contribution in [3.8, 4) is 50.6 Å². The molecule has 5 heteroatoms. The summed E-state index contributed by atoms with van der Waals surface area (Å²) >= 11 is 0. The molecule has 0 bridgehead atoms. The van der Waals surface area contributed by atoms with Gasteiger partial charge in [-0.25, -0.2) is 0 Å². The Bertz CT molecular complexity index is 3780. The summed E-state index contributed by atoms with van der Waals surface area (Å²) in [6, 6.07) is 60.2. The Kier molecular flexibility index (Phi) is 9.71. The number of hydrogen-bond acceptors (Lipinski definition) is 3. The van der Waals surface area contributed by atoms with Gasteiger partial charge in [-0.3, -0.25) is 4.98 Å². The predicted octanol–water partition coefficient (Wildman–Crippen LogP) is 16.3. The molecule has 0 amide bonds.